The molecule has 0 fully saturated rings. The first kappa shape index (κ1) is 44.9. The SMILES string of the molecule is CC(C)(C)c1cc(Oc2ccc3c4ccccc4n(-c4cc(C(C)(C)C)ccn4)c3c2)cc(N2CN(c3cccc(C(C)(C)c4ccccc4)c3)c3cc(C(C)(C)C)c(C(C)(C)C)cc32)c1. The zero-order valence-electron chi connectivity index (χ0n) is 41.8. The molecular weight excluding hydrogens is 805 g/mol. The van der Waals surface area contributed by atoms with Crippen molar-refractivity contribution in [2.24, 2.45) is 0 Å². The van der Waals surface area contributed by atoms with Crippen LogP contribution in [0.5, 0.6) is 11.5 Å². The first-order valence-corrected chi connectivity index (χ1v) is 23.7. The number of anilines is 4. The van der Waals surface area contributed by atoms with Gasteiger partial charge in [0.2, 0.25) is 0 Å². The highest BCUT2D eigenvalue weighted by Crippen LogP contribution is 2.51. The molecule has 66 heavy (non-hydrogen) atoms. The third-order valence-electron chi connectivity index (χ3n) is 13.8. The Morgan fingerprint density at radius 1 is 0.424 bits per heavy atom. The lowest BCUT2D eigenvalue weighted by molar-refractivity contribution is 0.479. The topological polar surface area (TPSA) is 33.5 Å². The van der Waals surface area contributed by atoms with Crippen LogP contribution in [0.1, 0.15) is 130 Å². The quantitative estimate of drug-likeness (QED) is 0.160. The van der Waals surface area contributed by atoms with Crippen molar-refractivity contribution in [3.63, 3.8) is 0 Å². The number of pyridine rings is 1. The van der Waals surface area contributed by atoms with Crippen LogP contribution < -0.4 is 14.5 Å². The Labute approximate surface area is 394 Å². The summed E-state index contributed by atoms with van der Waals surface area (Å²) in [5, 5.41) is 2.36. The highest BCUT2D eigenvalue weighted by atomic mass is 16.5. The lowest BCUT2D eigenvalue weighted by atomic mass is 9.74. The Balaban J connectivity index is 1.18. The van der Waals surface area contributed by atoms with E-state index in [1.165, 1.54) is 61.2 Å². The molecule has 0 aliphatic carbocycles. The van der Waals surface area contributed by atoms with Gasteiger partial charge < -0.3 is 14.5 Å². The number of ether oxygens (including phenoxy) is 1. The van der Waals surface area contributed by atoms with E-state index < -0.39 is 0 Å². The molecule has 0 unspecified atom stereocenters. The lowest BCUT2D eigenvalue weighted by Crippen LogP contribution is -2.25. The summed E-state index contributed by atoms with van der Waals surface area (Å²) in [4.78, 5) is 9.95. The minimum atomic E-state index is -0.177. The minimum Gasteiger partial charge on any atom is -0.457 e. The molecule has 0 amide bonds. The molecule has 5 heteroatoms. The van der Waals surface area contributed by atoms with Crippen LogP contribution in [0.25, 0.3) is 27.6 Å². The van der Waals surface area contributed by atoms with Crippen LogP contribution in [-0.4, -0.2) is 16.2 Å². The molecule has 0 radical (unpaired) electrons. The van der Waals surface area contributed by atoms with Crippen molar-refractivity contribution in [1.29, 1.82) is 0 Å². The highest BCUT2D eigenvalue weighted by Gasteiger charge is 2.36. The highest BCUT2D eigenvalue weighted by molar-refractivity contribution is 6.09. The first-order chi connectivity index (χ1) is 31.0. The zero-order chi connectivity index (χ0) is 47.1. The number of para-hydroxylation sites is 1. The van der Waals surface area contributed by atoms with Gasteiger partial charge in [0.1, 0.15) is 24.0 Å². The van der Waals surface area contributed by atoms with Crippen molar-refractivity contribution in [2.75, 3.05) is 16.5 Å². The van der Waals surface area contributed by atoms with Gasteiger partial charge in [-0.2, -0.15) is 0 Å². The summed E-state index contributed by atoms with van der Waals surface area (Å²) in [6.07, 6.45) is 1.94. The minimum absolute atomic E-state index is 0.0140. The molecule has 0 bridgehead atoms. The summed E-state index contributed by atoms with van der Waals surface area (Å²) in [6.45, 7) is 33.0. The Bertz CT molecular complexity index is 3110. The van der Waals surface area contributed by atoms with Gasteiger partial charge in [-0.05, 0) is 122 Å². The average Bonchev–Trinajstić information content (AvgIpc) is 3.81. The second-order valence-electron chi connectivity index (χ2n) is 23.2. The molecule has 0 saturated carbocycles. The van der Waals surface area contributed by atoms with Crippen LogP contribution in [0.2, 0.25) is 0 Å². The van der Waals surface area contributed by atoms with Crippen LogP contribution in [0.15, 0.2) is 146 Å². The number of nitrogens with zero attached hydrogens (tertiary/aromatic N) is 4. The molecular formula is C61H68N4O. The summed E-state index contributed by atoms with van der Waals surface area (Å²) in [7, 11) is 0. The third kappa shape index (κ3) is 8.27. The van der Waals surface area contributed by atoms with Crippen molar-refractivity contribution in [3.8, 4) is 17.3 Å². The summed E-state index contributed by atoms with van der Waals surface area (Å²) in [6, 6.07) is 51.3. The second-order valence-corrected chi connectivity index (χ2v) is 23.2. The zero-order valence-corrected chi connectivity index (χ0v) is 41.8. The van der Waals surface area contributed by atoms with Gasteiger partial charge in [-0.3, -0.25) is 4.57 Å². The summed E-state index contributed by atoms with van der Waals surface area (Å²) >= 11 is 0. The molecule has 338 valence electrons. The molecule has 0 spiro atoms. The molecule has 0 N–H and O–H groups in total. The standard InChI is InChI=1S/C61H68N4O/c1-57(2,3)41-29-30-62-56(34-41)65-52-26-19-18-25-48(52)49-28-27-46(36-53(49)65)66-47-33-43(58(4,5)6)32-45(35-47)64-39-63(54-37-50(59(7,8)9)51(38-55(54)64)60(10,11)12)44-24-20-23-42(31-44)61(13,14)40-21-16-15-17-22-40/h15-38H,39H2,1-14H3. The van der Waals surface area contributed by atoms with Gasteiger partial charge >= 0.3 is 0 Å². The molecule has 2 aromatic heterocycles. The van der Waals surface area contributed by atoms with Crippen LogP contribution in [0.4, 0.5) is 22.7 Å². The first-order valence-electron chi connectivity index (χ1n) is 23.7. The van der Waals surface area contributed by atoms with Crippen molar-refractivity contribution in [3.05, 3.63) is 179 Å². The lowest BCUT2D eigenvalue weighted by Gasteiger charge is -2.32. The van der Waals surface area contributed by atoms with Gasteiger partial charge in [-0.15, -0.1) is 0 Å². The maximum absolute atomic E-state index is 7.05. The Kier molecular flexibility index (Phi) is 10.8. The van der Waals surface area contributed by atoms with E-state index in [2.05, 4.69) is 251 Å². The van der Waals surface area contributed by atoms with E-state index >= 15 is 0 Å². The van der Waals surface area contributed by atoms with E-state index in [-0.39, 0.29) is 27.1 Å². The third-order valence-corrected chi connectivity index (χ3v) is 13.8. The smallest absolute Gasteiger partial charge is 0.137 e. The fourth-order valence-corrected chi connectivity index (χ4v) is 9.70. The van der Waals surface area contributed by atoms with Crippen LogP contribution in [0, 0.1) is 0 Å². The van der Waals surface area contributed by atoms with Gasteiger partial charge in [0, 0.05) is 45.9 Å². The molecule has 8 aromatic rings. The van der Waals surface area contributed by atoms with Crippen molar-refractivity contribution in [2.45, 2.75) is 124 Å². The summed E-state index contributed by atoms with van der Waals surface area (Å²) < 4.78 is 9.34. The van der Waals surface area contributed by atoms with Crippen molar-refractivity contribution in [1.82, 2.24) is 9.55 Å². The maximum Gasteiger partial charge on any atom is 0.137 e. The van der Waals surface area contributed by atoms with Crippen molar-refractivity contribution >= 4 is 44.6 Å². The van der Waals surface area contributed by atoms with Gasteiger partial charge in [-0.1, -0.05) is 158 Å². The fourth-order valence-electron chi connectivity index (χ4n) is 9.70. The number of aromatic nitrogens is 2. The largest absolute Gasteiger partial charge is 0.457 e. The second kappa shape index (κ2) is 15.9. The van der Waals surface area contributed by atoms with Crippen molar-refractivity contribution < 1.29 is 4.74 Å². The van der Waals surface area contributed by atoms with E-state index in [4.69, 9.17) is 9.72 Å². The number of fused-ring (bicyclic) bond motifs is 4. The molecule has 0 saturated heterocycles. The summed E-state index contributed by atoms with van der Waals surface area (Å²) in [5.41, 5.74) is 14.2. The van der Waals surface area contributed by atoms with Crippen LogP contribution in [-0.2, 0) is 27.1 Å². The van der Waals surface area contributed by atoms with Gasteiger partial charge in [0.25, 0.3) is 0 Å². The van der Waals surface area contributed by atoms with Gasteiger partial charge in [0.05, 0.1) is 22.4 Å². The number of hydrogen-bond acceptors (Lipinski definition) is 4. The van der Waals surface area contributed by atoms with E-state index in [1.807, 2.05) is 6.20 Å². The average molecular weight is 873 g/mol. The Morgan fingerprint density at radius 2 is 1.02 bits per heavy atom. The predicted molar refractivity (Wildman–Crippen MR) is 280 cm³/mol. The molecule has 1 aliphatic heterocycles. The van der Waals surface area contributed by atoms with E-state index in [0.29, 0.717) is 6.67 Å². The van der Waals surface area contributed by atoms with Crippen LogP contribution in [0.3, 0.4) is 0 Å². The number of rotatable bonds is 7. The van der Waals surface area contributed by atoms with E-state index in [9.17, 15) is 0 Å². The Morgan fingerprint density at radius 3 is 1.67 bits per heavy atom. The maximum atomic E-state index is 7.05. The number of benzene rings is 6. The Hall–Kier alpha value is -6.33. The molecule has 0 atom stereocenters. The number of hydrogen-bond donors (Lipinski definition) is 0. The van der Waals surface area contributed by atoms with Gasteiger partial charge in [-0.25, -0.2) is 4.98 Å². The fraction of sp³-hybridized carbons (Fsp3) is 0.328. The molecule has 6 aromatic carbocycles. The normalized spacial score (nSPS) is 13.8. The van der Waals surface area contributed by atoms with Crippen LogP contribution >= 0.6 is 0 Å². The molecule has 9 rings (SSSR count). The molecule has 5 nitrogen and oxygen atoms in total. The monoisotopic (exact) mass is 873 g/mol. The van der Waals surface area contributed by atoms with Gasteiger partial charge in [0.15, 0.2) is 0 Å². The van der Waals surface area contributed by atoms with E-state index in [1.54, 1.807) is 0 Å². The predicted octanol–water partition coefficient (Wildman–Crippen LogP) is 16.7. The van der Waals surface area contributed by atoms with E-state index in [0.717, 1.165) is 34.0 Å². The summed E-state index contributed by atoms with van der Waals surface area (Å²) in [5.74, 6) is 2.49. The molecule has 3 heterocycles. The molecule has 1 aliphatic rings.